The minimum atomic E-state index is 0.0709. The number of rotatable bonds is 4. The van der Waals surface area contributed by atoms with Gasteiger partial charge < -0.3 is 4.57 Å². The number of hydrogen-bond donors (Lipinski definition) is 0. The van der Waals surface area contributed by atoms with E-state index in [0.29, 0.717) is 17.5 Å². The first-order valence-electron chi connectivity index (χ1n) is 21.5. The second-order valence-corrected chi connectivity index (χ2v) is 18.3. The Kier molecular flexibility index (Phi) is 7.71. The van der Waals surface area contributed by atoms with E-state index in [0.717, 1.165) is 28.8 Å². The fourth-order valence-corrected chi connectivity index (χ4v) is 10.3. The molecule has 0 fully saturated rings. The molecule has 61 heavy (non-hydrogen) atoms. The molecule has 0 saturated carbocycles. The first-order chi connectivity index (χ1) is 29.7. The average molecular weight is 785 g/mol. The molecule has 9 aromatic carbocycles. The summed E-state index contributed by atoms with van der Waals surface area (Å²) in [4.78, 5) is 15.7. The smallest absolute Gasteiger partial charge is 0.164 e. The maximum Gasteiger partial charge on any atom is 0.164 e. The Bertz CT molecular complexity index is 3560. The molecular weight excluding hydrogens is 741 g/mol. The van der Waals surface area contributed by atoms with Crippen LogP contribution in [0.5, 0.6) is 0 Å². The van der Waals surface area contributed by atoms with Gasteiger partial charge in [-0.3, -0.25) is 0 Å². The van der Waals surface area contributed by atoms with Gasteiger partial charge in [0.25, 0.3) is 0 Å². The van der Waals surface area contributed by atoms with E-state index in [9.17, 15) is 0 Å². The van der Waals surface area contributed by atoms with Crippen LogP contribution in [0.15, 0.2) is 170 Å². The first-order valence-corrected chi connectivity index (χ1v) is 21.5. The normalized spacial score (nSPS) is 14.7. The molecule has 0 amide bonds. The van der Waals surface area contributed by atoms with Gasteiger partial charge in [-0.05, 0) is 114 Å². The molecule has 2 aromatic heterocycles. The topological polar surface area (TPSA) is 43.6 Å². The largest absolute Gasteiger partial charge is 0.309 e. The maximum atomic E-state index is 5.30. The summed E-state index contributed by atoms with van der Waals surface area (Å²) in [5.41, 5.74) is 9.42. The van der Waals surface area contributed by atoms with Gasteiger partial charge in [-0.15, -0.1) is 0 Å². The maximum absolute atomic E-state index is 5.30. The Balaban J connectivity index is 1.09. The Morgan fingerprint density at radius 2 is 0.902 bits per heavy atom. The molecule has 0 atom stereocenters. The quantitative estimate of drug-likeness (QED) is 0.167. The number of fused-ring (bicyclic) bond motifs is 12. The summed E-state index contributed by atoms with van der Waals surface area (Å²) in [7, 11) is 0. The van der Waals surface area contributed by atoms with Crippen LogP contribution in [0.2, 0.25) is 0 Å². The van der Waals surface area contributed by atoms with E-state index in [1.807, 2.05) is 18.2 Å². The Labute approximate surface area is 355 Å². The SMILES string of the molecule is CC1(C)CCC(C)(C)c2cc3c(cc21)c1c2ccccc2ccc1n3-c1cccc(-c2nc(-c3ccccc3)nc(-c3ccc4c5ccccc5c5ccccc5c4c3)n2)c1. The van der Waals surface area contributed by atoms with Crippen molar-refractivity contribution >= 4 is 64.9 Å². The van der Waals surface area contributed by atoms with E-state index in [4.69, 9.17) is 15.0 Å². The zero-order chi connectivity index (χ0) is 41.0. The summed E-state index contributed by atoms with van der Waals surface area (Å²) in [5.74, 6) is 1.93. The zero-order valence-corrected chi connectivity index (χ0v) is 34.9. The summed E-state index contributed by atoms with van der Waals surface area (Å²) in [5, 5.41) is 12.5. The van der Waals surface area contributed by atoms with E-state index >= 15 is 0 Å². The van der Waals surface area contributed by atoms with Gasteiger partial charge in [-0.2, -0.15) is 0 Å². The lowest BCUT2D eigenvalue weighted by Gasteiger charge is -2.42. The molecule has 0 aliphatic heterocycles. The molecule has 1 aliphatic rings. The van der Waals surface area contributed by atoms with Crippen molar-refractivity contribution < 1.29 is 0 Å². The van der Waals surface area contributed by atoms with E-state index in [1.54, 1.807) is 0 Å². The standard InChI is InChI=1S/C57H44N4/c1-56(2)29-30-57(3,4)49-34-51-47(33-48(49)56)52-40-20-9-8-15-35(40)26-28-50(52)61(51)39-19-14-18-37(31-39)54-58-53(36-16-6-5-7-17-36)59-55(60-54)38-25-27-45-43-23-11-10-21-41(43)42-22-12-13-24-44(42)46(45)32-38/h5-28,31-34H,29-30H2,1-4H3. The molecule has 12 rings (SSSR count). The van der Waals surface area contributed by atoms with Crippen LogP contribution < -0.4 is 0 Å². The lowest BCUT2D eigenvalue weighted by molar-refractivity contribution is 0.332. The molecule has 292 valence electrons. The van der Waals surface area contributed by atoms with Crippen molar-refractivity contribution in [1.82, 2.24) is 19.5 Å². The number of benzene rings is 9. The molecule has 0 spiro atoms. The van der Waals surface area contributed by atoms with Gasteiger partial charge in [0.05, 0.1) is 11.0 Å². The highest BCUT2D eigenvalue weighted by molar-refractivity contribution is 6.26. The van der Waals surface area contributed by atoms with Gasteiger partial charge in [0.1, 0.15) is 0 Å². The van der Waals surface area contributed by atoms with Crippen molar-refractivity contribution in [3.63, 3.8) is 0 Å². The van der Waals surface area contributed by atoms with Gasteiger partial charge in [-0.1, -0.05) is 161 Å². The average Bonchev–Trinajstić information content (AvgIpc) is 3.64. The van der Waals surface area contributed by atoms with Crippen LogP contribution in [0.3, 0.4) is 0 Å². The van der Waals surface area contributed by atoms with Crippen LogP contribution in [0.25, 0.3) is 105 Å². The Morgan fingerprint density at radius 3 is 1.57 bits per heavy atom. The summed E-state index contributed by atoms with van der Waals surface area (Å²) in [6.45, 7) is 9.67. The van der Waals surface area contributed by atoms with E-state index in [-0.39, 0.29) is 10.8 Å². The van der Waals surface area contributed by atoms with Crippen LogP contribution in [0.1, 0.15) is 51.7 Å². The van der Waals surface area contributed by atoms with Crippen molar-refractivity contribution in [2.24, 2.45) is 0 Å². The molecular formula is C57H44N4. The molecule has 0 N–H and O–H groups in total. The summed E-state index contributed by atoms with van der Waals surface area (Å²) < 4.78 is 2.47. The predicted octanol–water partition coefficient (Wildman–Crippen LogP) is 14.9. The lowest BCUT2D eigenvalue weighted by Crippen LogP contribution is -2.33. The van der Waals surface area contributed by atoms with Crippen LogP contribution in [0.4, 0.5) is 0 Å². The monoisotopic (exact) mass is 784 g/mol. The van der Waals surface area contributed by atoms with Gasteiger partial charge in [-0.25, -0.2) is 15.0 Å². The summed E-state index contributed by atoms with van der Waals surface area (Å²) in [6, 6.07) is 61.5. The van der Waals surface area contributed by atoms with E-state index in [1.165, 1.54) is 82.4 Å². The van der Waals surface area contributed by atoms with Crippen molar-refractivity contribution in [1.29, 1.82) is 0 Å². The second kappa shape index (κ2) is 13.2. The molecule has 11 aromatic rings. The van der Waals surface area contributed by atoms with E-state index < -0.39 is 0 Å². The summed E-state index contributed by atoms with van der Waals surface area (Å²) >= 11 is 0. The fourth-order valence-electron chi connectivity index (χ4n) is 10.3. The molecule has 0 radical (unpaired) electrons. The minimum absolute atomic E-state index is 0.0709. The van der Waals surface area contributed by atoms with Crippen LogP contribution in [0, 0.1) is 0 Å². The summed E-state index contributed by atoms with van der Waals surface area (Å²) in [6.07, 6.45) is 2.33. The highest BCUT2D eigenvalue weighted by Gasteiger charge is 2.38. The lowest BCUT2D eigenvalue weighted by atomic mass is 9.63. The highest BCUT2D eigenvalue weighted by Crippen LogP contribution is 2.49. The zero-order valence-electron chi connectivity index (χ0n) is 34.9. The van der Waals surface area contributed by atoms with Crippen molar-refractivity contribution in [3.05, 3.63) is 181 Å². The van der Waals surface area contributed by atoms with Crippen LogP contribution in [-0.2, 0) is 10.8 Å². The molecule has 0 saturated heterocycles. The fraction of sp³-hybridized carbons (Fsp3) is 0.140. The Hall–Kier alpha value is -7.17. The third-order valence-electron chi connectivity index (χ3n) is 13.7. The molecule has 2 heterocycles. The molecule has 4 nitrogen and oxygen atoms in total. The van der Waals surface area contributed by atoms with Crippen molar-refractivity contribution in [2.75, 3.05) is 0 Å². The van der Waals surface area contributed by atoms with Crippen LogP contribution in [-0.4, -0.2) is 19.5 Å². The molecule has 0 bridgehead atoms. The number of aromatic nitrogens is 4. The Morgan fingerprint density at radius 1 is 0.377 bits per heavy atom. The second-order valence-electron chi connectivity index (χ2n) is 18.3. The van der Waals surface area contributed by atoms with Crippen molar-refractivity contribution in [2.45, 2.75) is 51.4 Å². The van der Waals surface area contributed by atoms with Gasteiger partial charge in [0.2, 0.25) is 0 Å². The minimum Gasteiger partial charge on any atom is -0.309 e. The third kappa shape index (κ3) is 5.55. The molecule has 1 aliphatic carbocycles. The van der Waals surface area contributed by atoms with Crippen LogP contribution >= 0.6 is 0 Å². The predicted molar refractivity (Wildman–Crippen MR) is 256 cm³/mol. The van der Waals surface area contributed by atoms with E-state index in [2.05, 4.69) is 184 Å². The number of nitrogens with zero attached hydrogens (tertiary/aromatic N) is 4. The molecule has 4 heteroatoms. The third-order valence-corrected chi connectivity index (χ3v) is 13.7. The molecule has 0 unspecified atom stereocenters. The van der Waals surface area contributed by atoms with Gasteiger partial charge in [0, 0.05) is 33.2 Å². The van der Waals surface area contributed by atoms with Gasteiger partial charge >= 0.3 is 0 Å². The van der Waals surface area contributed by atoms with Gasteiger partial charge in [0.15, 0.2) is 17.5 Å². The first kappa shape index (κ1) is 35.7. The van der Waals surface area contributed by atoms with Crippen molar-refractivity contribution in [3.8, 4) is 39.9 Å². The number of hydrogen-bond acceptors (Lipinski definition) is 3. The highest BCUT2D eigenvalue weighted by atomic mass is 15.0.